The molecule has 1 aromatic carbocycles. The van der Waals surface area contributed by atoms with E-state index in [9.17, 15) is 19.0 Å². The van der Waals surface area contributed by atoms with E-state index in [0.29, 0.717) is 48.9 Å². The van der Waals surface area contributed by atoms with Gasteiger partial charge in [-0.15, -0.1) is 0 Å². The van der Waals surface area contributed by atoms with Crippen LogP contribution in [0.25, 0.3) is 5.57 Å². The number of piperidine rings is 1. The number of benzene rings is 1. The largest absolute Gasteiger partial charge is 0.404 e. The highest BCUT2D eigenvalue weighted by atomic mass is 19.3. The summed E-state index contributed by atoms with van der Waals surface area (Å²) in [4.78, 5) is 19.8. The molecule has 5 N–H and O–H groups in total. The smallest absolute Gasteiger partial charge is 0.264 e. The topological polar surface area (TPSA) is 110 Å². The number of carbonyl (C=O) groups excluding carboxylic acids is 1. The summed E-state index contributed by atoms with van der Waals surface area (Å²) in [5.74, 6) is 0.231. The van der Waals surface area contributed by atoms with Crippen molar-refractivity contribution in [1.29, 1.82) is 5.41 Å². The van der Waals surface area contributed by atoms with Crippen molar-refractivity contribution in [2.45, 2.75) is 51.5 Å². The van der Waals surface area contributed by atoms with E-state index in [1.54, 1.807) is 24.9 Å². The number of nitrogens with one attached hydrogen (secondary N) is 3. The third kappa shape index (κ3) is 5.84. The molecule has 10 heteroatoms. The number of nitrogens with zero attached hydrogens (tertiary/aromatic N) is 3. The van der Waals surface area contributed by atoms with Crippen molar-refractivity contribution < 1.29 is 13.6 Å². The summed E-state index contributed by atoms with van der Waals surface area (Å²) in [6.07, 6.45) is 4.20. The van der Waals surface area contributed by atoms with Crippen LogP contribution in [-0.2, 0) is 11.2 Å². The summed E-state index contributed by atoms with van der Waals surface area (Å²) in [5, 5.41) is 16.3. The molecule has 8 nitrogen and oxygen atoms in total. The Morgan fingerprint density at radius 1 is 1.27 bits per heavy atom. The Bertz CT molecular complexity index is 1120. The van der Waals surface area contributed by atoms with Gasteiger partial charge in [-0.3, -0.25) is 15.2 Å². The number of fused-ring (bicyclic) bond motifs is 1. The van der Waals surface area contributed by atoms with Crippen molar-refractivity contribution >= 4 is 29.2 Å². The van der Waals surface area contributed by atoms with E-state index >= 15 is 0 Å². The number of rotatable bonds is 6. The van der Waals surface area contributed by atoms with Gasteiger partial charge in [-0.2, -0.15) is 0 Å². The molecule has 0 unspecified atom stereocenters. The van der Waals surface area contributed by atoms with Crippen LogP contribution in [0.15, 0.2) is 34.6 Å². The van der Waals surface area contributed by atoms with Crippen molar-refractivity contribution in [3.8, 4) is 0 Å². The van der Waals surface area contributed by atoms with E-state index in [2.05, 4.69) is 15.6 Å². The number of allylic oxidation sites excluding steroid dienone is 1. The summed E-state index contributed by atoms with van der Waals surface area (Å²) >= 11 is 0. The molecule has 0 radical (unpaired) electrons. The minimum Gasteiger partial charge on any atom is -0.404 e. The number of aryl methyl sites for hydroxylation is 1. The minimum absolute atomic E-state index is 0.0337. The maximum atomic E-state index is 14.2. The number of hydrogen-bond acceptors (Lipinski definition) is 6. The Morgan fingerprint density at radius 3 is 2.68 bits per heavy atom. The Hall–Kier alpha value is -3.27. The summed E-state index contributed by atoms with van der Waals surface area (Å²) < 4.78 is 28.5. The highest BCUT2D eigenvalue weighted by molar-refractivity contribution is 6.12. The van der Waals surface area contributed by atoms with Gasteiger partial charge >= 0.3 is 0 Å². The molecular formula is C27H37F2N7O. The fourth-order valence-electron chi connectivity index (χ4n) is 5.44. The molecule has 0 aliphatic carbocycles. The second-order valence-corrected chi connectivity index (χ2v) is 9.80. The van der Waals surface area contributed by atoms with E-state index < -0.39 is 6.43 Å². The number of amides is 1. The third-order valence-electron chi connectivity index (χ3n) is 7.43. The Balaban J connectivity index is 1.73. The zero-order valence-corrected chi connectivity index (χ0v) is 21.6. The number of amidine groups is 1. The first-order chi connectivity index (χ1) is 17.8. The van der Waals surface area contributed by atoms with E-state index in [0.717, 1.165) is 55.6 Å². The van der Waals surface area contributed by atoms with Gasteiger partial charge in [0.15, 0.2) is 0 Å². The minimum atomic E-state index is -2.71. The lowest BCUT2D eigenvalue weighted by Gasteiger charge is -2.38. The zero-order valence-electron chi connectivity index (χ0n) is 21.6. The predicted molar refractivity (Wildman–Crippen MR) is 144 cm³/mol. The lowest BCUT2D eigenvalue weighted by atomic mass is 9.91. The van der Waals surface area contributed by atoms with Crippen LogP contribution in [0.5, 0.6) is 0 Å². The molecule has 200 valence electrons. The Labute approximate surface area is 217 Å². The van der Waals surface area contributed by atoms with E-state index in [1.807, 2.05) is 4.90 Å². The van der Waals surface area contributed by atoms with E-state index in [4.69, 9.17) is 5.73 Å². The van der Waals surface area contributed by atoms with Crippen molar-refractivity contribution in [2.75, 3.05) is 44.7 Å². The average molecular weight is 514 g/mol. The van der Waals surface area contributed by atoms with Gasteiger partial charge in [-0.1, -0.05) is 0 Å². The van der Waals surface area contributed by atoms with Crippen LogP contribution < -0.4 is 21.3 Å². The molecule has 0 bridgehead atoms. The lowest BCUT2D eigenvalue weighted by Crippen LogP contribution is -2.47. The van der Waals surface area contributed by atoms with Gasteiger partial charge in [0.25, 0.3) is 6.43 Å². The molecule has 3 heterocycles. The van der Waals surface area contributed by atoms with Gasteiger partial charge in [0.1, 0.15) is 5.84 Å². The Kier molecular flexibility index (Phi) is 8.58. The number of anilines is 1. The quantitative estimate of drug-likeness (QED) is 0.345. The SMILES string of the molecule is CN=CC(=CN)c1cc2c(cc1C(F)F)N(C(=N)C1=C(NC3CCNCC3)CCN(C(C)=O)C1)CCC2. The van der Waals surface area contributed by atoms with Gasteiger partial charge in [0.05, 0.1) is 6.54 Å². The molecule has 1 amide bonds. The molecule has 3 aliphatic heterocycles. The van der Waals surface area contributed by atoms with Crippen LogP contribution in [0.1, 0.15) is 55.7 Å². The maximum absolute atomic E-state index is 14.2. The predicted octanol–water partition coefficient (Wildman–Crippen LogP) is 3.20. The Morgan fingerprint density at radius 2 is 2.03 bits per heavy atom. The molecule has 4 rings (SSSR count). The zero-order chi connectivity index (χ0) is 26.5. The summed E-state index contributed by atoms with van der Waals surface area (Å²) in [7, 11) is 1.57. The van der Waals surface area contributed by atoms with Gasteiger partial charge < -0.3 is 26.2 Å². The highest BCUT2D eigenvalue weighted by Gasteiger charge is 2.31. The highest BCUT2D eigenvalue weighted by Crippen LogP contribution is 2.38. The van der Waals surface area contributed by atoms with Gasteiger partial charge in [-0.25, -0.2) is 8.78 Å². The first-order valence-corrected chi connectivity index (χ1v) is 12.9. The number of halogens is 2. The second kappa shape index (κ2) is 11.9. The molecule has 0 atom stereocenters. The molecular weight excluding hydrogens is 476 g/mol. The second-order valence-electron chi connectivity index (χ2n) is 9.80. The first-order valence-electron chi connectivity index (χ1n) is 12.9. The average Bonchev–Trinajstić information content (AvgIpc) is 2.90. The molecule has 3 aliphatic rings. The van der Waals surface area contributed by atoms with Crippen LogP contribution in [0.2, 0.25) is 0 Å². The molecule has 1 saturated heterocycles. The van der Waals surface area contributed by atoms with Crippen LogP contribution in [-0.4, -0.2) is 68.7 Å². The molecule has 0 aromatic heterocycles. The summed E-state index contributed by atoms with van der Waals surface area (Å²) in [5.41, 5.74) is 9.68. The standard InChI is InChI=1S/C27H37F2N7O/c1-17(37)35-11-7-24(34-20-5-8-33-9-6-20)23(16-35)27(31)36-10-3-4-18-12-21(19(14-30)15-32-2)22(26(28)29)13-25(18)36/h12-15,20,26,31,33-34H,3-11,16,30H2,1-2H3. The fourth-order valence-corrected chi connectivity index (χ4v) is 5.44. The van der Waals surface area contributed by atoms with Crippen molar-refractivity contribution in [1.82, 2.24) is 15.5 Å². The molecule has 0 saturated carbocycles. The number of carbonyl (C=O) groups is 1. The van der Waals surface area contributed by atoms with E-state index in [1.165, 1.54) is 18.5 Å². The monoisotopic (exact) mass is 513 g/mol. The van der Waals surface area contributed by atoms with Crippen LogP contribution in [0.3, 0.4) is 0 Å². The van der Waals surface area contributed by atoms with Crippen molar-refractivity contribution in [3.05, 3.63) is 46.3 Å². The fraction of sp³-hybridized carbons (Fsp3) is 0.519. The molecule has 37 heavy (non-hydrogen) atoms. The third-order valence-corrected chi connectivity index (χ3v) is 7.43. The summed E-state index contributed by atoms with van der Waals surface area (Å²) in [6, 6.07) is 3.58. The molecule has 0 spiro atoms. The number of aliphatic imine (C=N–C) groups is 1. The van der Waals surface area contributed by atoms with Crippen LogP contribution in [0, 0.1) is 5.41 Å². The van der Waals surface area contributed by atoms with Crippen LogP contribution in [0.4, 0.5) is 14.5 Å². The normalized spacial score (nSPS) is 19.5. The van der Waals surface area contributed by atoms with E-state index in [-0.39, 0.29) is 17.3 Å². The molecule has 1 fully saturated rings. The van der Waals surface area contributed by atoms with Gasteiger partial charge in [0.2, 0.25) is 5.91 Å². The number of alkyl halides is 2. The first kappa shape index (κ1) is 26.8. The van der Waals surface area contributed by atoms with Gasteiger partial charge in [0, 0.05) is 80.0 Å². The van der Waals surface area contributed by atoms with Crippen molar-refractivity contribution in [2.24, 2.45) is 10.7 Å². The van der Waals surface area contributed by atoms with Crippen molar-refractivity contribution in [3.63, 3.8) is 0 Å². The summed E-state index contributed by atoms with van der Waals surface area (Å²) in [6.45, 7) is 4.91. The number of nitrogens with two attached hydrogens (primary N) is 1. The lowest BCUT2D eigenvalue weighted by molar-refractivity contribution is -0.128. The van der Waals surface area contributed by atoms with Gasteiger partial charge in [-0.05, 0) is 62.0 Å². The van der Waals surface area contributed by atoms with Crippen LogP contribution >= 0.6 is 0 Å². The molecule has 1 aromatic rings. The maximum Gasteiger partial charge on any atom is 0.264 e. The number of hydrogen-bond donors (Lipinski definition) is 4.